The number of hydrogen-bond donors (Lipinski definition) is 0. The van der Waals surface area contributed by atoms with Gasteiger partial charge in [-0.3, -0.25) is 0 Å². The highest BCUT2D eigenvalue weighted by Gasteiger charge is 2.24. The average molecular weight is 263 g/mol. The van der Waals surface area contributed by atoms with Crippen molar-refractivity contribution in [3.05, 3.63) is 10.1 Å². The molecule has 0 aromatic heterocycles. The van der Waals surface area contributed by atoms with Gasteiger partial charge in [-0.15, -0.1) is 10.1 Å². The summed E-state index contributed by atoms with van der Waals surface area (Å²) in [5.41, 5.74) is -0.166. The van der Waals surface area contributed by atoms with Crippen molar-refractivity contribution in [1.29, 1.82) is 0 Å². The molecular formula is C11H21NO6. The summed E-state index contributed by atoms with van der Waals surface area (Å²) in [4.78, 5) is 25.6. The van der Waals surface area contributed by atoms with Gasteiger partial charge in [0.05, 0.1) is 6.61 Å². The van der Waals surface area contributed by atoms with E-state index in [4.69, 9.17) is 9.47 Å². The SMILES string of the molecule is CC(OC(=O)OCC[C@@H](C)O[N+](=O)[O-])C(C)(C)C. The molecule has 0 bridgehead atoms. The second-order valence-electron chi connectivity index (χ2n) is 5.15. The molecule has 0 amide bonds. The van der Waals surface area contributed by atoms with Gasteiger partial charge in [-0.1, -0.05) is 20.8 Å². The topological polar surface area (TPSA) is 87.9 Å². The van der Waals surface area contributed by atoms with Crippen LogP contribution in [0.4, 0.5) is 4.79 Å². The molecule has 7 heteroatoms. The van der Waals surface area contributed by atoms with Gasteiger partial charge in [0, 0.05) is 6.42 Å². The van der Waals surface area contributed by atoms with Crippen LogP contribution in [0.5, 0.6) is 0 Å². The summed E-state index contributed by atoms with van der Waals surface area (Å²) >= 11 is 0. The predicted molar refractivity (Wildman–Crippen MR) is 63.5 cm³/mol. The third kappa shape index (κ3) is 7.70. The Hall–Kier alpha value is -1.53. The second kappa shape index (κ2) is 7.03. The minimum Gasteiger partial charge on any atom is -0.434 e. The van der Waals surface area contributed by atoms with E-state index in [1.807, 2.05) is 20.8 Å². The third-order valence-corrected chi connectivity index (χ3v) is 2.50. The molecule has 106 valence electrons. The highest BCUT2D eigenvalue weighted by molar-refractivity contribution is 5.60. The normalized spacial score (nSPS) is 14.5. The quantitative estimate of drug-likeness (QED) is 0.415. The molecule has 7 nitrogen and oxygen atoms in total. The van der Waals surface area contributed by atoms with E-state index in [0.717, 1.165) is 0 Å². The van der Waals surface area contributed by atoms with Crippen molar-refractivity contribution >= 4 is 6.16 Å². The monoisotopic (exact) mass is 263 g/mol. The molecule has 1 unspecified atom stereocenters. The molecule has 0 rings (SSSR count). The van der Waals surface area contributed by atoms with Crippen LogP contribution in [0.2, 0.25) is 0 Å². The minimum atomic E-state index is -0.870. The molecule has 18 heavy (non-hydrogen) atoms. The molecule has 0 spiro atoms. The van der Waals surface area contributed by atoms with E-state index >= 15 is 0 Å². The fourth-order valence-electron chi connectivity index (χ4n) is 0.863. The molecule has 0 saturated carbocycles. The standard InChI is InChI=1S/C11H21NO6/c1-8(18-12(14)15)6-7-16-10(13)17-9(2)11(3,4)5/h8-9H,6-7H2,1-5H3/t8-,9?/m1/s1. The van der Waals surface area contributed by atoms with Gasteiger partial charge < -0.3 is 14.3 Å². The predicted octanol–water partition coefficient (Wildman–Crippen LogP) is 2.56. The van der Waals surface area contributed by atoms with Crippen LogP contribution in [0.1, 0.15) is 41.0 Å². The van der Waals surface area contributed by atoms with Crippen LogP contribution < -0.4 is 0 Å². The van der Waals surface area contributed by atoms with Crippen molar-refractivity contribution in [2.45, 2.75) is 53.2 Å². The number of ether oxygens (including phenoxy) is 2. The van der Waals surface area contributed by atoms with Crippen molar-refractivity contribution in [2.75, 3.05) is 6.61 Å². The number of hydrogen-bond acceptors (Lipinski definition) is 6. The first kappa shape index (κ1) is 16.5. The minimum absolute atomic E-state index is 0.0186. The van der Waals surface area contributed by atoms with Crippen LogP contribution in [0, 0.1) is 15.5 Å². The van der Waals surface area contributed by atoms with Crippen LogP contribution in [-0.2, 0) is 14.3 Å². The molecule has 0 aliphatic carbocycles. The van der Waals surface area contributed by atoms with Gasteiger partial charge in [-0.05, 0) is 19.3 Å². The molecule has 0 aromatic carbocycles. The number of rotatable bonds is 6. The zero-order valence-electron chi connectivity index (χ0n) is 11.5. The summed E-state index contributed by atoms with van der Waals surface area (Å²) in [5.74, 6) is 0. The van der Waals surface area contributed by atoms with E-state index in [1.54, 1.807) is 6.92 Å². The van der Waals surface area contributed by atoms with Crippen molar-refractivity contribution in [3.8, 4) is 0 Å². The van der Waals surface area contributed by atoms with Crippen LogP contribution >= 0.6 is 0 Å². The lowest BCUT2D eigenvalue weighted by Crippen LogP contribution is -2.29. The molecule has 0 fully saturated rings. The third-order valence-electron chi connectivity index (χ3n) is 2.50. The lowest BCUT2D eigenvalue weighted by Gasteiger charge is -2.26. The molecule has 0 saturated heterocycles. The van der Waals surface area contributed by atoms with Gasteiger partial charge in [0.15, 0.2) is 0 Å². The Bertz CT molecular complexity index is 286. The first-order valence-corrected chi connectivity index (χ1v) is 5.77. The maximum Gasteiger partial charge on any atom is 0.508 e. The fourth-order valence-corrected chi connectivity index (χ4v) is 0.863. The lowest BCUT2D eigenvalue weighted by atomic mass is 9.90. The second-order valence-corrected chi connectivity index (χ2v) is 5.15. The Balaban J connectivity index is 3.81. The maximum atomic E-state index is 11.3. The van der Waals surface area contributed by atoms with Gasteiger partial charge in [0.2, 0.25) is 0 Å². The van der Waals surface area contributed by atoms with E-state index in [1.165, 1.54) is 6.92 Å². The van der Waals surface area contributed by atoms with Crippen molar-refractivity contribution in [2.24, 2.45) is 5.41 Å². The number of carbonyl (C=O) groups is 1. The number of nitrogens with zero attached hydrogens (tertiary/aromatic N) is 1. The highest BCUT2D eigenvalue weighted by atomic mass is 17.0. The molecule has 0 aromatic rings. The highest BCUT2D eigenvalue weighted by Crippen LogP contribution is 2.21. The zero-order chi connectivity index (χ0) is 14.3. The van der Waals surface area contributed by atoms with E-state index < -0.39 is 17.3 Å². The van der Waals surface area contributed by atoms with Crippen LogP contribution in [-0.4, -0.2) is 30.1 Å². The van der Waals surface area contributed by atoms with E-state index in [-0.39, 0.29) is 24.5 Å². The summed E-state index contributed by atoms with van der Waals surface area (Å²) < 4.78 is 9.84. The first-order valence-electron chi connectivity index (χ1n) is 5.77. The van der Waals surface area contributed by atoms with Crippen LogP contribution in [0.15, 0.2) is 0 Å². The summed E-state index contributed by atoms with van der Waals surface area (Å²) in [7, 11) is 0. The molecule has 0 heterocycles. The largest absolute Gasteiger partial charge is 0.508 e. The summed E-state index contributed by atoms with van der Waals surface area (Å²) in [6.07, 6.45) is -1.43. The van der Waals surface area contributed by atoms with Gasteiger partial charge in [-0.2, -0.15) is 0 Å². The summed E-state index contributed by atoms with van der Waals surface area (Å²) in [5, 5.41) is 9.14. The molecule has 0 radical (unpaired) electrons. The van der Waals surface area contributed by atoms with Crippen LogP contribution in [0.3, 0.4) is 0 Å². The molecule has 0 aliphatic heterocycles. The van der Waals surface area contributed by atoms with Crippen LogP contribution in [0.25, 0.3) is 0 Å². The Morgan fingerprint density at radius 1 is 1.33 bits per heavy atom. The van der Waals surface area contributed by atoms with Gasteiger partial charge >= 0.3 is 6.16 Å². The fraction of sp³-hybridized carbons (Fsp3) is 0.909. The Morgan fingerprint density at radius 2 is 1.89 bits per heavy atom. The van der Waals surface area contributed by atoms with E-state index in [9.17, 15) is 14.9 Å². The van der Waals surface area contributed by atoms with Gasteiger partial charge in [0.25, 0.3) is 5.09 Å². The van der Waals surface area contributed by atoms with Crippen molar-refractivity contribution < 1.29 is 24.2 Å². The maximum absolute atomic E-state index is 11.3. The Labute approximate surface area is 106 Å². The summed E-state index contributed by atoms with van der Waals surface area (Å²) in [6, 6.07) is 0. The van der Waals surface area contributed by atoms with E-state index in [2.05, 4.69) is 4.84 Å². The van der Waals surface area contributed by atoms with Gasteiger partial charge in [0.1, 0.15) is 12.2 Å². The van der Waals surface area contributed by atoms with E-state index in [0.29, 0.717) is 0 Å². The smallest absolute Gasteiger partial charge is 0.434 e. The molecule has 0 N–H and O–H groups in total. The Morgan fingerprint density at radius 3 is 2.33 bits per heavy atom. The van der Waals surface area contributed by atoms with Crippen molar-refractivity contribution in [3.63, 3.8) is 0 Å². The molecule has 0 aliphatic rings. The average Bonchev–Trinajstić information content (AvgIpc) is 2.14. The Kier molecular flexibility index (Phi) is 6.43. The molecule has 2 atom stereocenters. The summed E-state index contributed by atoms with van der Waals surface area (Å²) in [6.45, 7) is 9.15. The number of carbonyl (C=O) groups excluding carboxylic acids is 1. The first-order chi connectivity index (χ1) is 8.12. The lowest BCUT2D eigenvalue weighted by molar-refractivity contribution is -0.767. The zero-order valence-corrected chi connectivity index (χ0v) is 11.5. The van der Waals surface area contributed by atoms with Gasteiger partial charge in [-0.25, -0.2) is 4.79 Å². The molecular weight excluding hydrogens is 242 g/mol. The van der Waals surface area contributed by atoms with Crippen molar-refractivity contribution in [1.82, 2.24) is 0 Å².